The first-order valence-electron chi connectivity index (χ1n) is 16.2. The molecule has 9 heteroatoms. The van der Waals surface area contributed by atoms with E-state index < -0.39 is 43.3 Å². The van der Waals surface area contributed by atoms with Crippen molar-refractivity contribution in [3.8, 4) is 0 Å². The summed E-state index contributed by atoms with van der Waals surface area (Å²) in [5.74, 6) is 0. The quantitative estimate of drug-likeness (QED) is 0.347. The van der Waals surface area contributed by atoms with Gasteiger partial charge in [-0.25, -0.2) is 0 Å². The molecule has 4 aliphatic rings. The molecule has 0 saturated carbocycles. The Balaban J connectivity index is 2.23. The number of hydrogen-bond acceptors (Lipinski definition) is 4. The fourth-order valence-corrected chi connectivity index (χ4v) is 48.5. The van der Waals surface area contributed by atoms with Gasteiger partial charge in [0.2, 0.25) is 0 Å². The van der Waals surface area contributed by atoms with Crippen LogP contribution in [0.4, 0.5) is 0 Å². The number of ether oxygens (including phenoxy) is 4. The minimum atomic E-state index is -2.69. The third-order valence-electron chi connectivity index (χ3n) is 11.5. The Hall–Kier alpha value is 0.924. The summed E-state index contributed by atoms with van der Waals surface area (Å²) in [7, 11) is -7.94. The lowest BCUT2D eigenvalue weighted by Gasteiger charge is -2.76. The van der Waals surface area contributed by atoms with E-state index in [1.54, 1.807) is 0 Å². The highest BCUT2D eigenvalue weighted by molar-refractivity contribution is 7.14. The summed E-state index contributed by atoms with van der Waals surface area (Å²) in [5.41, 5.74) is 0. The summed E-state index contributed by atoms with van der Waals surface area (Å²) >= 11 is 0. The Morgan fingerprint density at radius 1 is 0.378 bits per heavy atom. The standard InChI is InChI=1S/C28H60O4Si5/c1-33(2)25(17-9-13-21-29-25)37(26(34(3)4)18-10-14-22-30-26,27(35(5)6)19-11-15-23-31-27)28(36(7)8)20-12-16-24-32-28/h33-36H,9-24H2,1-8H3. The van der Waals surface area contributed by atoms with E-state index >= 15 is 0 Å². The van der Waals surface area contributed by atoms with Gasteiger partial charge in [-0.3, -0.25) is 0 Å². The Morgan fingerprint density at radius 3 is 0.730 bits per heavy atom. The maximum absolute atomic E-state index is 7.63. The van der Waals surface area contributed by atoms with E-state index in [-0.39, 0.29) is 19.4 Å². The van der Waals surface area contributed by atoms with E-state index in [9.17, 15) is 0 Å². The second-order valence-corrected chi connectivity index (χ2v) is 34.3. The van der Waals surface area contributed by atoms with Crippen LogP contribution < -0.4 is 0 Å². The molecule has 4 fully saturated rings. The van der Waals surface area contributed by atoms with Gasteiger partial charge in [0.1, 0.15) is 0 Å². The summed E-state index contributed by atoms with van der Waals surface area (Å²) in [6.07, 6.45) is 15.2. The molecule has 0 aromatic heterocycles. The van der Waals surface area contributed by atoms with Gasteiger partial charge >= 0.3 is 0 Å². The maximum atomic E-state index is 7.63. The average Bonchev–Trinajstić information content (AvgIpc) is 2.90. The molecule has 216 valence electrons. The molecule has 0 aromatic rings. The Bertz CT molecular complexity index is 609. The zero-order chi connectivity index (χ0) is 27.0. The number of hydrogen-bond donors (Lipinski definition) is 0. The van der Waals surface area contributed by atoms with Crippen molar-refractivity contribution >= 4 is 43.3 Å². The summed E-state index contributed by atoms with van der Waals surface area (Å²) in [6, 6.07) is 0. The molecule has 4 unspecified atom stereocenters. The zero-order valence-electron chi connectivity index (χ0n) is 25.8. The molecular weight excluding hydrogens is 541 g/mol. The molecule has 4 heterocycles. The molecule has 4 saturated heterocycles. The van der Waals surface area contributed by atoms with Crippen LogP contribution >= 0.6 is 0 Å². The molecule has 0 spiro atoms. The second kappa shape index (κ2) is 12.0. The van der Waals surface area contributed by atoms with Crippen molar-refractivity contribution < 1.29 is 18.9 Å². The van der Waals surface area contributed by atoms with Crippen LogP contribution in [0.5, 0.6) is 0 Å². The van der Waals surface area contributed by atoms with Crippen LogP contribution in [0.3, 0.4) is 0 Å². The number of rotatable bonds is 8. The van der Waals surface area contributed by atoms with Crippen molar-refractivity contribution in [3.63, 3.8) is 0 Å². The zero-order valence-corrected chi connectivity index (χ0v) is 31.4. The molecule has 0 amide bonds. The Labute approximate surface area is 236 Å². The van der Waals surface area contributed by atoms with Gasteiger partial charge < -0.3 is 18.9 Å². The van der Waals surface area contributed by atoms with Gasteiger partial charge in [-0.2, -0.15) is 0 Å². The molecule has 4 aliphatic heterocycles. The topological polar surface area (TPSA) is 36.9 Å². The fourth-order valence-electron chi connectivity index (χ4n) is 10.1. The van der Waals surface area contributed by atoms with Crippen LogP contribution in [0.1, 0.15) is 77.0 Å². The lowest BCUT2D eigenvalue weighted by Crippen LogP contribution is -3.00. The highest BCUT2D eigenvalue weighted by Crippen LogP contribution is 2.62. The smallest absolute Gasteiger partial charge is 0.179 e. The van der Waals surface area contributed by atoms with E-state index in [0.717, 1.165) is 26.4 Å². The third kappa shape index (κ3) is 4.42. The molecule has 4 nitrogen and oxygen atoms in total. The first-order valence-corrected chi connectivity index (χ1v) is 29.7. The van der Waals surface area contributed by atoms with Gasteiger partial charge in [-0.15, -0.1) is 0 Å². The average molecular weight is 601 g/mol. The summed E-state index contributed by atoms with van der Waals surface area (Å²) in [4.78, 5) is 0.0122. The molecule has 0 aromatic carbocycles. The van der Waals surface area contributed by atoms with Crippen LogP contribution in [0.2, 0.25) is 52.4 Å². The van der Waals surface area contributed by atoms with Crippen molar-refractivity contribution in [2.24, 2.45) is 0 Å². The summed E-state index contributed by atoms with van der Waals surface area (Å²) in [5, 5.41) is 0. The maximum Gasteiger partial charge on any atom is 0.179 e. The molecule has 37 heavy (non-hydrogen) atoms. The SMILES string of the molecule is C[SiH](C)C1([Si](C2([SiH](C)C)CCCCO2)(C2([SiH](C)C)CCCCO2)C2([SiH](C)C)CCCCO2)CCCCO1. The molecule has 0 radical (unpaired) electrons. The molecule has 0 aliphatic carbocycles. The largest absolute Gasteiger partial charge is 0.382 e. The van der Waals surface area contributed by atoms with Gasteiger partial charge in [0.05, 0.1) is 54.6 Å². The van der Waals surface area contributed by atoms with Crippen molar-refractivity contribution in [3.05, 3.63) is 0 Å². The van der Waals surface area contributed by atoms with E-state index in [1.807, 2.05) is 0 Å². The Morgan fingerprint density at radius 2 is 0.595 bits per heavy atom. The van der Waals surface area contributed by atoms with Crippen molar-refractivity contribution in [1.29, 1.82) is 0 Å². The minimum absolute atomic E-state index is 0.00306. The Kier molecular flexibility index (Phi) is 10.0. The van der Waals surface area contributed by atoms with E-state index in [4.69, 9.17) is 18.9 Å². The van der Waals surface area contributed by atoms with Crippen molar-refractivity contribution in [2.45, 2.75) is 149 Å². The van der Waals surface area contributed by atoms with E-state index in [1.165, 1.54) is 77.0 Å². The molecular formula is C28H60O4Si5. The second-order valence-electron chi connectivity index (χ2n) is 14.1. The first-order chi connectivity index (χ1) is 17.6. The molecule has 4 atom stereocenters. The van der Waals surface area contributed by atoms with Gasteiger partial charge in [-0.1, -0.05) is 52.4 Å². The predicted octanol–water partition coefficient (Wildman–Crippen LogP) is 5.45. The van der Waals surface area contributed by atoms with E-state index in [0.29, 0.717) is 0 Å². The highest BCUT2D eigenvalue weighted by Gasteiger charge is 2.85. The fraction of sp³-hybridized carbons (Fsp3) is 1.00. The van der Waals surface area contributed by atoms with Gasteiger partial charge in [0.25, 0.3) is 0 Å². The lowest BCUT2D eigenvalue weighted by molar-refractivity contribution is -0.0755. The minimum Gasteiger partial charge on any atom is -0.382 e. The van der Waals surface area contributed by atoms with Crippen LogP contribution in [0.15, 0.2) is 0 Å². The first kappa shape index (κ1) is 30.9. The van der Waals surface area contributed by atoms with Crippen LogP contribution in [0.25, 0.3) is 0 Å². The third-order valence-corrected chi connectivity index (χ3v) is 39.5. The monoisotopic (exact) mass is 600 g/mol. The molecule has 0 bridgehead atoms. The highest BCUT2D eigenvalue weighted by atomic mass is 28.4. The summed E-state index contributed by atoms with van der Waals surface area (Å²) < 4.78 is 30.5. The van der Waals surface area contributed by atoms with Gasteiger partial charge in [0, 0.05) is 26.4 Å². The lowest BCUT2D eigenvalue weighted by atomic mass is 10.2. The van der Waals surface area contributed by atoms with Crippen LogP contribution in [-0.2, 0) is 18.9 Å². The summed E-state index contributed by atoms with van der Waals surface area (Å²) in [6.45, 7) is 25.0. The predicted molar refractivity (Wildman–Crippen MR) is 171 cm³/mol. The van der Waals surface area contributed by atoms with Crippen molar-refractivity contribution in [1.82, 2.24) is 0 Å². The van der Waals surface area contributed by atoms with Gasteiger partial charge in [-0.05, 0) is 77.0 Å². The molecule has 4 rings (SSSR count). The molecule has 0 N–H and O–H groups in total. The van der Waals surface area contributed by atoms with Gasteiger partial charge in [0.15, 0.2) is 8.07 Å². The van der Waals surface area contributed by atoms with Crippen molar-refractivity contribution in [2.75, 3.05) is 26.4 Å². The van der Waals surface area contributed by atoms with E-state index in [2.05, 4.69) is 52.4 Å². The van der Waals surface area contributed by atoms with Crippen LogP contribution in [0, 0.1) is 0 Å². The normalized spacial score (nSPS) is 39.9. The van der Waals surface area contributed by atoms with Crippen LogP contribution in [-0.4, -0.2) is 89.1 Å².